The summed E-state index contributed by atoms with van der Waals surface area (Å²) < 4.78 is 0. The summed E-state index contributed by atoms with van der Waals surface area (Å²) in [6.07, 6.45) is 0. The van der Waals surface area contributed by atoms with Gasteiger partial charge in [-0.3, -0.25) is 0 Å². The third-order valence-corrected chi connectivity index (χ3v) is 2.68. The molecular formula is C14H22N4. The summed E-state index contributed by atoms with van der Waals surface area (Å²) in [5.74, 6) is 0. The standard InChI is InChI=1S/C14H22N4/c1-14(2,10-18(3)4)9-17-13-6-5-11(8-15)7-12(13)16/h5-7,17H,9-10,16H2,1-4H3. The Balaban J connectivity index is 2.67. The van der Waals surface area contributed by atoms with E-state index in [1.807, 2.05) is 6.07 Å². The molecule has 1 rings (SSSR count). The van der Waals surface area contributed by atoms with Crippen LogP contribution in [0.1, 0.15) is 19.4 Å². The Kier molecular flexibility index (Phi) is 4.57. The Morgan fingerprint density at radius 1 is 1.39 bits per heavy atom. The molecule has 4 nitrogen and oxygen atoms in total. The first-order valence-electron chi connectivity index (χ1n) is 6.02. The second-order valence-electron chi connectivity index (χ2n) is 5.67. The van der Waals surface area contributed by atoms with Gasteiger partial charge in [-0.15, -0.1) is 0 Å². The highest BCUT2D eigenvalue weighted by molar-refractivity contribution is 5.68. The van der Waals surface area contributed by atoms with Gasteiger partial charge in [0.15, 0.2) is 0 Å². The molecule has 1 aromatic carbocycles. The van der Waals surface area contributed by atoms with Crippen LogP contribution in [0.2, 0.25) is 0 Å². The molecule has 18 heavy (non-hydrogen) atoms. The molecule has 0 unspecified atom stereocenters. The van der Waals surface area contributed by atoms with Crippen molar-refractivity contribution in [2.45, 2.75) is 13.8 Å². The normalized spacial score (nSPS) is 11.3. The number of nitrogen functional groups attached to an aromatic ring is 1. The zero-order valence-corrected chi connectivity index (χ0v) is 11.6. The lowest BCUT2D eigenvalue weighted by Crippen LogP contribution is -2.34. The molecule has 0 saturated carbocycles. The van der Waals surface area contributed by atoms with E-state index in [9.17, 15) is 0 Å². The maximum absolute atomic E-state index is 8.78. The predicted octanol–water partition coefficient (Wildman–Crippen LogP) is 2.14. The van der Waals surface area contributed by atoms with E-state index >= 15 is 0 Å². The molecule has 0 saturated heterocycles. The van der Waals surface area contributed by atoms with Gasteiger partial charge in [0, 0.05) is 13.1 Å². The van der Waals surface area contributed by atoms with E-state index in [0.29, 0.717) is 11.3 Å². The van der Waals surface area contributed by atoms with Gasteiger partial charge in [-0.1, -0.05) is 13.8 Å². The molecule has 1 aromatic rings. The van der Waals surface area contributed by atoms with Crippen LogP contribution in [0.4, 0.5) is 11.4 Å². The SMILES string of the molecule is CN(C)CC(C)(C)CNc1ccc(C#N)cc1N. The summed E-state index contributed by atoms with van der Waals surface area (Å²) in [6.45, 7) is 6.25. The number of benzene rings is 1. The molecule has 0 fully saturated rings. The minimum absolute atomic E-state index is 0.157. The summed E-state index contributed by atoms with van der Waals surface area (Å²) in [7, 11) is 4.13. The highest BCUT2D eigenvalue weighted by atomic mass is 15.1. The van der Waals surface area contributed by atoms with Crippen LogP contribution < -0.4 is 11.1 Å². The van der Waals surface area contributed by atoms with Crippen molar-refractivity contribution in [3.8, 4) is 6.07 Å². The van der Waals surface area contributed by atoms with Crippen molar-refractivity contribution in [1.29, 1.82) is 5.26 Å². The van der Waals surface area contributed by atoms with E-state index in [4.69, 9.17) is 11.0 Å². The fourth-order valence-electron chi connectivity index (χ4n) is 2.04. The van der Waals surface area contributed by atoms with Crippen molar-refractivity contribution in [2.24, 2.45) is 5.41 Å². The molecule has 0 aromatic heterocycles. The molecular weight excluding hydrogens is 224 g/mol. The number of nitrogens with one attached hydrogen (secondary N) is 1. The van der Waals surface area contributed by atoms with Crippen LogP contribution in [-0.2, 0) is 0 Å². The van der Waals surface area contributed by atoms with Crippen LogP contribution >= 0.6 is 0 Å². The Labute approximate surface area is 109 Å². The minimum atomic E-state index is 0.157. The number of hydrogen-bond acceptors (Lipinski definition) is 4. The zero-order valence-electron chi connectivity index (χ0n) is 11.6. The van der Waals surface area contributed by atoms with Crippen LogP contribution in [0.5, 0.6) is 0 Å². The second kappa shape index (κ2) is 5.74. The summed E-state index contributed by atoms with van der Waals surface area (Å²) in [5.41, 5.74) is 8.16. The van der Waals surface area contributed by atoms with Gasteiger partial charge < -0.3 is 16.0 Å². The van der Waals surface area contributed by atoms with Gasteiger partial charge in [0.1, 0.15) is 0 Å². The summed E-state index contributed by atoms with van der Waals surface area (Å²) in [5, 5.41) is 12.1. The minimum Gasteiger partial charge on any atom is -0.397 e. The van der Waals surface area contributed by atoms with Crippen LogP contribution in [0.3, 0.4) is 0 Å². The third-order valence-electron chi connectivity index (χ3n) is 2.68. The number of anilines is 2. The molecule has 0 aliphatic rings. The Hall–Kier alpha value is -1.73. The van der Waals surface area contributed by atoms with Crippen LogP contribution in [0.15, 0.2) is 18.2 Å². The highest BCUT2D eigenvalue weighted by Gasteiger charge is 2.18. The van der Waals surface area contributed by atoms with E-state index in [2.05, 4.69) is 44.2 Å². The second-order valence-corrected chi connectivity index (χ2v) is 5.67. The summed E-state index contributed by atoms with van der Waals surface area (Å²) in [4.78, 5) is 2.17. The fraction of sp³-hybridized carbons (Fsp3) is 0.500. The van der Waals surface area contributed by atoms with E-state index < -0.39 is 0 Å². The Morgan fingerprint density at radius 2 is 2.06 bits per heavy atom. The maximum Gasteiger partial charge on any atom is 0.0992 e. The lowest BCUT2D eigenvalue weighted by atomic mass is 9.93. The van der Waals surface area contributed by atoms with Gasteiger partial charge in [0.25, 0.3) is 0 Å². The average molecular weight is 246 g/mol. The van der Waals surface area contributed by atoms with Crippen molar-refractivity contribution in [3.63, 3.8) is 0 Å². The van der Waals surface area contributed by atoms with E-state index in [-0.39, 0.29) is 5.41 Å². The topological polar surface area (TPSA) is 65.1 Å². The monoisotopic (exact) mass is 246 g/mol. The predicted molar refractivity (Wildman–Crippen MR) is 76.4 cm³/mol. The van der Waals surface area contributed by atoms with Crippen LogP contribution in [0, 0.1) is 16.7 Å². The van der Waals surface area contributed by atoms with Crippen LogP contribution in [-0.4, -0.2) is 32.1 Å². The first-order chi connectivity index (χ1) is 8.34. The van der Waals surface area contributed by atoms with Gasteiger partial charge in [0.2, 0.25) is 0 Å². The first kappa shape index (κ1) is 14.3. The largest absolute Gasteiger partial charge is 0.397 e. The Morgan fingerprint density at radius 3 is 2.56 bits per heavy atom. The molecule has 4 heteroatoms. The van der Waals surface area contributed by atoms with Gasteiger partial charge in [-0.25, -0.2) is 0 Å². The molecule has 0 bridgehead atoms. The fourth-order valence-corrected chi connectivity index (χ4v) is 2.04. The first-order valence-corrected chi connectivity index (χ1v) is 6.02. The number of nitrogens with two attached hydrogens (primary N) is 1. The Bertz CT molecular complexity index is 444. The molecule has 0 aliphatic heterocycles. The maximum atomic E-state index is 8.78. The van der Waals surface area contributed by atoms with E-state index in [1.54, 1.807) is 12.1 Å². The molecule has 3 N–H and O–H groups in total. The molecule has 0 atom stereocenters. The van der Waals surface area contributed by atoms with Crippen LogP contribution in [0.25, 0.3) is 0 Å². The van der Waals surface area contributed by atoms with E-state index in [1.165, 1.54) is 0 Å². The van der Waals surface area contributed by atoms with Crippen molar-refractivity contribution < 1.29 is 0 Å². The number of hydrogen-bond donors (Lipinski definition) is 2. The highest BCUT2D eigenvalue weighted by Crippen LogP contribution is 2.22. The summed E-state index contributed by atoms with van der Waals surface area (Å²) >= 11 is 0. The van der Waals surface area contributed by atoms with Gasteiger partial charge in [-0.2, -0.15) is 5.26 Å². The molecule has 0 radical (unpaired) electrons. The van der Waals surface area contributed by atoms with Crippen molar-refractivity contribution in [2.75, 3.05) is 38.2 Å². The number of nitriles is 1. The number of nitrogens with zero attached hydrogens (tertiary/aromatic N) is 2. The molecule has 98 valence electrons. The third kappa shape index (κ3) is 4.27. The van der Waals surface area contributed by atoms with Crippen molar-refractivity contribution in [1.82, 2.24) is 4.90 Å². The quantitative estimate of drug-likeness (QED) is 0.781. The average Bonchev–Trinajstić information content (AvgIpc) is 2.25. The van der Waals surface area contributed by atoms with Crippen molar-refractivity contribution >= 4 is 11.4 Å². The van der Waals surface area contributed by atoms with E-state index in [0.717, 1.165) is 18.8 Å². The van der Waals surface area contributed by atoms with Gasteiger partial charge in [0.05, 0.1) is 23.0 Å². The molecule has 0 spiro atoms. The molecule has 0 aliphatic carbocycles. The smallest absolute Gasteiger partial charge is 0.0992 e. The molecule has 0 heterocycles. The molecule has 0 amide bonds. The van der Waals surface area contributed by atoms with Gasteiger partial charge >= 0.3 is 0 Å². The lowest BCUT2D eigenvalue weighted by Gasteiger charge is -2.29. The summed E-state index contributed by atoms with van der Waals surface area (Å²) in [6, 6.07) is 7.41. The van der Waals surface area contributed by atoms with Crippen molar-refractivity contribution in [3.05, 3.63) is 23.8 Å². The lowest BCUT2D eigenvalue weighted by molar-refractivity contribution is 0.254. The van der Waals surface area contributed by atoms with Gasteiger partial charge in [-0.05, 0) is 37.7 Å². The zero-order chi connectivity index (χ0) is 13.8. The number of rotatable bonds is 5.